The van der Waals surface area contributed by atoms with Crippen LogP contribution in [0.4, 0.5) is 0 Å². The Morgan fingerprint density at radius 3 is 2.61 bits per heavy atom. The molecule has 0 spiro atoms. The molecule has 0 saturated carbocycles. The lowest BCUT2D eigenvalue weighted by molar-refractivity contribution is 0.0911. The molecule has 102 valence electrons. The predicted octanol–water partition coefficient (Wildman–Crippen LogP) is 2.69. The Hall–Kier alpha value is -0.610. The molecule has 0 amide bonds. The van der Waals surface area contributed by atoms with Crippen molar-refractivity contribution in [2.75, 3.05) is 6.61 Å². The van der Waals surface area contributed by atoms with E-state index in [4.69, 9.17) is 16.7 Å². The molecule has 0 aliphatic rings. The zero-order valence-corrected chi connectivity index (χ0v) is 12.3. The highest BCUT2D eigenvalue weighted by atomic mass is 35.5. The van der Waals surface area contributed by atoms with E-state index in [-0.39, 0.29) is 30.8 Å². The second kappa shape index (κ2) is 7.10. The average Bonchev–Trinajstić information content (AvgIpc) is 2.27. The number of nitrogens with one attached hydrogen (secondary N) is 1. The number of carbonyl (C=O) groups excluding carboxylic acids is 1. The number of halogens is 2. The molecule has 0 saturated heterocycles. The van der Waals surface area contributed by atoms with Gasteiger partial charge in [-0.15, -0.1) is 12.4 Å². The average molecular weight is 298 g/mol. The predicted molar refractivity (Wildman–Crippen MR) is 76.8 cm³/mol. The van der Waals surface area contributed by atoms with Gasteiger partial charge in [0.05, 0.1) is 12.6 Å². The number of rotatable bonds is 5. The number of Topliss-reactive ketones (excluding diaryl/α,β-unsaturated/α-hetero) is 1. The summed E-state index contributed by atoms with van der Waals surface area (Å²) in [4.78, 5) is 12.1. The molecule has 0 aliphatic carbocycles. The highest BCUT2D eigenvalue weighted by Crippen LogP contribution is 2.13. The fourth-order valence-corrected chi connectivity index (χ4v) is 1.78. The normalized spacial score (nSPS) is 12.7. The molecule has 0 aromatic heterocycles. The van der Waals surface area contributed by atoms with E-state index in [9.17, 15) is 4.79 Å². The van der Waals surface area contributed by atoms with Crippen LogP contribution in [0.3, 0.4) is 0 Å². The van der Waals surface area contributed by atoms with Gasteiger partial charge < -0.3 is 10.4 Å². The molecule has 1 aromatic carbocycles. The third-order valence-electron chi connectivity index (χ3n) is 2.50. The van der Waals surface area contributed by atoms with Crippen LogP contribution >= 0.6 is 24.0 Å². The van der Waals surface area contributed by atoms with Crippen molar-refractivity contribution in [3.8, 4) is 0 Å². The van der Waals surface area contributed by atoms with Crippen molar-refractivity contribution in [2.45, 2.75) is 32.4 Å². The molecule has 18 heavy (non-hydrogen) atoms. The summed E-state index contributed by atoms with van der Waals surface area (Å²) in [5.74, 6) is -0.0333. The Labute approximate surface area is 119 Å². The minimum atomic E-state index is -0.479. The van der Waals surface area contributed by atoms with Gasteiger partial charge >= 0.3 is 0 Å². The lowest BCUT2D eigenvalue weighted by Gasteiger charge is -2.27. The molecule has 0 bridgehead atoms. The van der Waals surface area contributed by atoms with Crippen molar-refractivity contribution in [3.05, 3.63) is 34.9 Å². The van der Waals surface area contributed by atoms with E-state index in [0.29, 0.717) is 10.6 Å². The summed E-state index contributed by atoms with van der Waals surface area (Å²) in [5, 5.41) is 12.8. The molecule has 2 N–H and O–H groups in total. The summed E-state index contributed by atoms with van der Waals surface area (Å²) in [5.41, 5.74) is 0.0967. The number of aliphatic hydroxyl groups excluding tert-OH is 1. The first-order chi connectivity index (χ1) is 7.85. The highest BCUT2D eigenvalue weighted by molar-refractivity contribution is 6.31. The second-order valence-electron chi connectivity index (χ2n) is 4.78. The van der Waals surface area contributed by atoms with Crippen LogP contribution < -0.4 is 5.32 Å². The van der Waals surface area contributed by atoms with E-state index in [1.807, 2.05) is 13.8 Å². The third-order valence-corrected chi connectivity index (χ3v) is 2.74. The minimum absolute atomic E-state index is 0. The Morgan fingerprint density at radius 2 is 2.11 bits per heavy atom. The second-order valence-corrected chi connectivity index (χ2v) is 5.22. The largest absolute Gasteiger partial charge is 0.394 e. The first-order valence-corrected chi connectivity index (χ1v) is 5.92. The van der Waals surface area contributed by atoms with Gasteiger partial charge in [0.15, 0.2) is 5.78 Å². The number of hydrogen-bond donors (Lipinski definition) is 2. The van der Waals surface area contributed by atoms with Crippen molar-refractivity contribution in [2.24, 2.45) is 0 Å². The van der Waals surface area contributed by atoms with Gasteiger partial charge in [-0.25, -0.2) is 0 Å². The number of hydrogen-bond acceptors (Lipinski definition) is 3. The van der Waals surface area contributed by atoms with E-state index in [1.165, 1.54) is 0 Å². The van der Waals surface area contributed by atoms with E-state index < -0.39 is 5.54 Å². The number of benzene rings is 1. The van der Waals surface area contributed by atoms with E-state index in [2.05, 4.69) is 5.32 Å². The Morgan fingerprint density at radius 1 is 1.50 bits per heavy atom. The van der Waals surface area contributed by atoms with E-state index in [1.54, 1.807) is 31.2 Å². The maximum Gasteiger partial charge on any atom is 0.179 e. The van der Waals surface area contributed by atoms with Crippen LogP contribution in [-0.2, 0) is 0 Å². The molecule has 1 aromatic rings. The highest BCUT2D eigenvalue weighted by Gasteiger charge is 2.23. The van der Waals surface area contributed by atoms with Crippen LogP contribution in [-0.4, -0.2) is 29.1 Å². The summed E-state index contributed by atoms with van der Waals surface area (Å²) < 4.78 is 0. The van der Waals surface area contributed by atoms with Crippen LogP contribution in [0.5, 0.6) is 0 Å². The van der Waals surface area contributed by atoms with Gasteiger partial charge in [0.1, 0.15) is 0 Å². The summed E-state index contributed by atoms with van der Waals surface area (Å²) >= 11 is 5.84. The molecule has 0 heterocycles. The smallest absolute Gasteiger partial charge is 0.179 e. The van der Waals surface area contributed by atoms with Gasteiger partial charge in [-0.2, -0.15) is 0 Å². The standard InChI is InChI=1S/C13H18ClNO2.ClH/c1-9(15-13(2,3)8-16)12(17)10-5-4-6-11(14)7-10;/h4-7,9,15-16H,8H2,1-3H3;1H/i4+1,5+1,6+1,7+1,10+1,11+1;. The van der Waals surface area contributed by atoms with Crippen LogP contribution in [0.2, 0.25) is 5.02 Å². The summed E-state index contributed by atoms with van der Waals surface area (Å²) in [6.45, 7) is 5.43. The van der Waals surface area contributed by atoms with Crippen molar-refractivity contribution >= 4 is 29.8 Å². The maximum absolute atomic E-state index is 12.1. The molecule has 1 rings (SSSR count). The summed E-state index contributed by atoms with van der Waals surface area (Å²) in [6.07, 6.45) is 0. The third kappa shape index (κ3) is 4.94. The SMILES string of the molecule is CC(NC(C)(C)CO)C(=O)[13c]1[13cH][13cH][13cH][13c](Cl)[13cH]1.Cl. The minimum Gasteiger partial charge on any atom is -0.394 e. The molecule has 0 radical (unpaired) electrons. The first-order valence-electron chi connectivity index (χ1n) is 5.54. The summed E-state index contributed by atoms with van der Waals surface area (Å²) in [6, 6.07) is 6.50. The molecular formula is C13H19Cl2NO2. The molecule has 1 unspecified atom stereocenters. The summed E-state index contributed by atoms with van der Waals surface area (Å²) in [7, 11) is 0. The van der Waals surface area contributed by atoms with Crippen molar-refractivity contribution in [3.63, 3.8) is 0 Å². The zero-order valence-electron chi connectivity index (χ0n) is 10.7. The number of carbonyl (C=O) groups is 1. The van der Waals surface area contributed by atoms with Gasteiger partial charge in [-0.3, -0.25) is 4.79 Å². The molecular weight excluding hydrogens is 279 g/mol. The Kier molecular flexibility index (Phi) is 6.86. The van der Waals surface area contributed by atoms with Gasteiger partial charge in [0.2, 0.25) is 0 Å². The molecule has 0 fully saturated rings. The number of aliphatic hydroxyl groups is 1. The molecule has 5 heteroatoms. The van der Waals surface area contributed by atoms with Crippen LogP contribution in [0.1, 0.15) is 31.1 Å². The van der Waals surface area contributed by atoms with E-state index in [0.717, 1.165) is 0 Å². The molecule has 0 aliphatic heterocycles. The molecule has 3 nitrogen and oxygen atoms in total. The van der Waals surface area contributed by atoms with Crippen LogP contribution in [0.25, 0.3) is 0 Å². The topological polar surface area (TPSA) is 49.3 Å². The first kappa shape index (κ1) is 17.4. The zero-order chi connectivity index (χ0) is 13.1. The Balaban J connectivity index is 0.00000289. The van der Waals surface area contributed by atoms with Gasteiger partial charge in [0, 0.05) is 16.1 Å². The fraction of sp³-hybridized carbons (Fsp3) is 0.462. The van der Waals surface area contributed by atoms with Gasteiger partial charge in [-0.1, -0.05) is 23.7 Å². The quantitative estimate of drug-likeness (QED) is 0.822. The lowest BCUT2D eigenvalue weighted by Crippen LogP contribution is -2.50. The van der Waals surface area contributed by atoms with Crippen molar-refractivity contribution in [1.29, 1.82) is 0 Å². The van der Waals surface area contributed by atoms with Crippen molar-refractivity contribution in [1.82, 2.24) is 5.32 Å². The maximum atomic E-state index is 12.1. The van der Waals surface area contributed by atoms with Crippen LogP contribution in [0, 0.1) is 0 Å². The van der Waals surface area contributed by atoms with Crippen molar-refractivity contribution < 1.29 is 9.90 Å². The fourth-order valence-electron chi connectivity index (χ4n) is 1.59. The van der Waals surface area contributed by atoms with Crippen LogP contribution in [0.15, 0.2) is 24.3 Å². The number of ketones is 1. The Bertz CT molecular complexity index is 408. The van der Waals surface area contributed by atoms with Gasteiger partial charge in [0.25, 0.3) is 0 Å². The lowest BCUT2D eigenvalue weighted by atomic mass is 10.1. The van der Waals surface area contributed by atoms with E-state index >= 15 is 0 Å². The monoisotopic (exact) mass is 297 g/mol. The molecule has 1 atom stereocenters. The van der Waals surface area contributed by atoms with Gasteiger partial charge in [-0.05, 0) is 32.9 Å².